The summed E-state index contributed by atoms with van der Waals surface area (Å²) in [5.41, 5.74) is 7.97. The summed E-state index contributed by atoms with van der Waals surface area (Å²) >= 11 is 0. The van der Waals surface area contributed by atoms with Gasteiger partial charge in [-0.15, -0.1) is 0 Å². The van der Waals surface area contributed by atoms with Crippen molar-refractivity contribution in [3.63, 3.8) is 0 Å². The van der Waals surface area contributed by atoms with E-state index in [0.717, 1.165) is 37.4 Å². The highest BCUT2D eigenvalue weighted by atomic mass is 15.2. The van der Waals surface area contributed by atoms with Gasteiger partial charge in [-0.1, -0.05) is 32.0 Å². The van der Waals surface area contributed by atoms with Crippen LogP contribution in [-0.4, -0.2) is 24.6 Å². The van der Waals surface area contributed by atoms with Crippen LogP contribution in [0.5, 0.6) is 0 Å². The van der Waals surface area contributed by atoms with Crippen LogP contribution >= 0.6 is 0 Å². The average Bonchev–Trinajstić information content (AvgIpc) is 2.42. The molecule has 2 N–H and O–H groups in total. The van der Waals surface area contributed by atoms with Crippen LogP contribution in [0.15, 0.2) is 30.3 Å². The van der Waals surface area contributed by atoms with Gasteiger partial charge in [-0.2, -0.15) is 0 Å². The van der Waals surface area contributed by atoms with Gasteiger partial charge in [0.2, 0.25) is 0 Å². The van der Waals surface area contributed by atoms with Crippen molar-refractivity contribution in [2.45, 2.75) is 27.2 Å². The topological polar surface area (TPSA) is 42.2 Å². The molecule has 2 rings (SSSR count). The molecule has 0 atom stereocenters. The van der Waals surface area contributed by atoms with Crippen LogP contribution in [0.2, 0.25) is 0 Å². The SMILES string of the molecule is Cc1cc2ccccc2nc1N(CCCN)CC(C)C. The molecule has 1 aromatic carbocycles. The van der Waals surface area contributed by atoms with Gasteiger partial charge in [0, 0.05) is 18.5 Å². The number of nitrogens with two attached hydrogens (primary N) is 1. The quantitative estimate of drug-likeness (QED) is 0.876. The van der Waals surface area contributed by atoms with Crippen molar-refractivity contribution < 1.29 is 0 Å². The number of pyridine rings is 1. The van der Waals surface area contributed by atoms with E-state index in [4.69, 9.17) is 10.7 Å². The third-order valence-corrected chi connectivity index (χ3v) is 3.41. The molecule has 0 aliphatic heterocycles. The smallest absolute Gasteiger partial charge is 0.132 e. The number of para-hydroxylation sites is 1. The fourth-order valence-corrected chi connectivity index (χ4v) is 2.54. The molecule has 108 valence electrons. The van der Waals surface area contributed by atoms with E-state index in [1.54, 1.807) is 0 Å². The maximum Gasteiger partial charge on any atom is 0.132 e. The van der Waals surface area contributed by atoms with Crippen LogP contribution in [0.4, 0.5) is 5.82 Å². The monoisotopic (exact) mass is 271 g/mol. The number of aryl methyl sites for hydroxylation is 1. The number of fused-ring (bicyclic) bond motifs is 1. The lowest BCUT2D eigenvalue weighted by Gasteiger charge is -2.27. The number of aromatic nitrogens is 1. The van der Waals surface area contributed by atoms with Gasteiger partial charge in [0.1, 0.15) is 5.82 Å². The zero-order valence-corrected chi connectivity index (χ0v) is 12.8. The Balaban J connectivity index is 2.37. The summed E-state index contributed by atoms with van der Waals surface area (Å²) in [7, 11) is 0. The number of hydrogen-bond donors (Lipinski definition) is 1. The van der Waals surface area contributed by atoms with Crippen molar-refractivity contribution in [1.82, 2.24) is 4.98 Å². The lowest BCUT2D eigenvalue weighted by atomic mass is 10.1. The molecule has 0 fully saturated rings. The van der Waals surface area contributed by atoms with Crippen LogP contribution in [0.25, 0.3) is 10.9 Å². The van der Waals surface area contributed by atoms with E-state index in [0.29, 0.717) is 5.92 Å². The Morgan fingerprint density at radius 3 is 2.70 bits per heavy atom. The molecule has 0 bridgehead atoms. The van der Waals surface area contributed by atoms with Gasteiger partial charge in [-0.05, 0) is 43.5 Å². The van der Waals surface area contributed by atoms with E-state index in [-0.39, 0.29) is 0 Å². The van der Waals surface area contributed by atoms with Gasteiger partial charge in [0.05, 0.1) is 5.52 Å². The summed E-state index contributed by atoms with van der Waals surface area (Å²) in [6, 6.07) is 10.5. The van der Waals surface area contributed by atoms with E-state index in [1.165, 1.54) is 10.9 Å². The van der Waals surface area contributed by atoms with Crippen LogP contribution in [0, 0.1) is 12.8 Å². The van der Waals surface area contributed by atoms with Gasteiger partial charge < -0.3 is 10.6 Å². The average molecular weight is 271 g/mol. The third kappa shape index (κ3) is 3.48. The molecule has 1 heterocycles. The maximum absolute atomic E-state index is 5.67. The fraction of sp³-hybridized carbons (Fsp3) is 0.471. The molecule has 0 radical (unpaired) electrons. The van der Waals surface area contributed by atoms with E-state index < -0.39 is 0 Å². The molecule has 0 aliphatic carbocycles. The number of anilines is 1. The summed E-state index contributed by atoms with van der Waals surface area (Å²) in [5.74, 6) is 1.71. The second-order valence-electron chi connectivity index (χ2n) is 5.80. The molecule has 20 heavy (non-hydrogen) atoms. The van der Waals surface area contributed by atoms with Crippen molar-refractivity contribution in [2.24, 2.45) is 11.7 Å². The molecular weight excluding hydrogens is 246 g/mol. The largest absolute Gasteiger partial charge is 0.356 e. The highest BCUT2D eigenvalue weighted by molar-refractivity contribution is 5.81. The van der Waals surface area contributed by atoms with Crippen LogP contribution in [0.1, 0.15) is 25.8 Å². The predicted molar refractivity (Wildman–Crippen MR) is 87.2 cm³/mol. The first-order valence-corrected chi connectivity index (χ1v) is 7.43. The molecule has 0 saturated heterocycles. The normalized spacial score (nSPS) is 11.2. The Labute approximate surface area is 121 Å². The Morgan fingerprint density at radius 1 is 1.25 bits per heavy atom. The minimum atomic E-state index is 0.612. The molecule has 0 spiro atoms. The Morgan fingerprint density at radius 2 is 2.00 bits per heavy atom. The third-order valence-electron chi connectivity index (χ3n) is 3.41. The Kier molecular flexibility index (Phi) is 4.96. The number of rotatable bonds is 6. The molecule has 0 unspecified atom stereocenters. The number of benzene rings is 1. The molecule has 0 aliphatic rings. The Hall–Kier alpha value is -1.61. The predicted octanol–water partition coefficient (Wildman–Crippen LogP) is 3.35. The number of hydrogen-bond acceptors (Lipinski definition) is 3. The summed E-state index contributed by atoms with van der Waals surface area (Å²) in [5, 5.41) is 1.21. The fourth-order valence-electron chi connectivity index (χ4n) is 2.54. The molecular formula is C17H25N3. The molecule has 0 saturated carbocycles. The van der Waals surface area contributed by atoms with Crippen molar-refractivity contribution in [1.29, 1.82) is 0 Å². The molecule has 1 aromatic heterocycles. The van der Waals surface area contributed by atoms with Gasteiger partial charge >= 0.3 is 0 Å². The molecule has 2 aromatic rings. The first-order valence-electron chi connectivity index (χ1n) is 7.43. The second kappa shape index (κ2) is 6.71. The minimum absolute atomic E-state index is 0.612. The zero-order chi connectivity index (χ0) is 14.5. The van der Waals surface area contributed by atoms with Crippen molar-refractivity contribution in [3.8, 4) is 0 Å². The highest BCUT2D eigenvalue weighted by Gasteiger charge is 2.13. The van der Waals surface area contributed by atoms with E-state index in [2.05, 4.69) is 49.9 Å². The van der Waals surface area contributed by atoms with Crippen molar-refractivity contribution >= 4 is 16.7 Å². The molecule has 0 amide bonds. The summed E-state index contributed by atoms with van der Waals surface area (Å²) < 4.78 is 0. The first-order chi connectivity index (χ1) is 9.61. The summed E-state index contributed by atoms with van der Waals surface area (Å²) in [6.45, 7) is 9.34. The van der Waals surface area contributed by atoms with E-state index in [1.807, 2.05) is 6.07 Å². The lowest BCUT2D eigenvalue weighted by molar-refractivity contribution is 0.596. The van der Waals surface area contributed by atoms with Crippen LogP contribution in [0.3, 0.4) is 0 Å². The zero-order valence-electron chi connectivity index (χ0n) is 12.8. The standard InChI is InChI=1S/C17H25N3/c1-13(2)12-20(10-6-9-18)17-14(3)11-15-7-4-5-8-16(15)19-17/h4-5,7-8,11,13H,6,9-10,12,18H2,1-3H3. The van der Waals surface area contributed by atoms with Crippen LogP contribution < -0.4 is 10.6 Å². The Bertz CT molecular complexity index is 563. The highest BCUT2D eigenvalue weighted by Crippen LogP contribution is 2.23. The van der Waals surface area contributed by atoms with Crippen molar-refractivity contribution in [3.05, 3.63) is 35.9 Å². The molecule has 3 heteroatoms. The van der Waals surface area contributed by atoms with Crippen LogP contribution in [-0.2, 0) is 0 Å². The van der Waals surface area contributed by atoms with Gasteiger partial charge in [-0.3, -0.25) is 0 Å². The van der Waals surface area contributed by atoms with Gasteiger partial charge in [0.15, 0.2) is 0 Å². The van der Waals surface area contributed by atoms with Gasteiger partial charge in [-0.25, -0.2) is 4.98 Å². The van der Waals surface area contributed by atoms with Gasteiger partial charge in [0.25, 0.3) is 0 Å². The minimum Gasteiger partial charge on any atom is -0.356 e. The second-order valence-corrected chi connectivity index (χ2v) is 5.80. The lowest BCUT2D eigenvalue weighted by Crippen LogP contribution is -2.31. The number of nitrogens with zero attached hydrogens (tertiary/aromatic N) is 2. The summed E-state index contributed by atoms with van der Waals surface area (Å²) in [4.78, 5) is 7.24. The summed E-state index contributed by atoms with van der Waals surface area (Å²) in [6.07, 6.45) is 1.00. The molecule has 3 nitrogen and oxygen atoms in total. The maximum atomic E-state index is 5.67. The van der Waals surface area contributed by atoms with E-state index in [9.17, 15) is 0 Å². The van der Waals surface area contributed by atoms with Crippen molar-refractivity contribution in [2.75, 3.05) is 24.5 Å². The van der Waals surface area contributed by atoms with E-state index >= 15 is 0 Å². The first kappa shape index (κ1) is 14.8.